The van der Waals surface area contributed by atoms with Crippen molar-refractivity contribution in [2.45, 2.75) is 104 Å². The van der Waals surface area contributed by atoms with Crippen molar-refractivity contribution in [3.63, 3.8) is 0 Å². The summed E-state index contributed by atoms with van der Waals surface area (Å²) in [4.78, 5) is 0. The van der Waals surface area contributed by atoms with Crippen LogP contribution in [0.4, 0.5) is 3.32 Å². The number of rotatable bonds is 0. The van der Waals surface area contributed by atoms with Gasteiger partial charge >= 0.3 is 33.4 Å². The first-order valence-corrected chi connectivity index (χ1v) is 12.4. The van der Waals surface area contributed by atoms with Gasteiger partial charge in [0.25, 0.3) is 0 Å². The van der Waals surface area contributed by atoms with Crippen molar-refractivity contribution in [2.24, 2.45) is 0 Å². The Labute approximate surface area is 166 Å². The molecule has 0 amide bonds. The van der Waals surface area contributed by atoms with Crippen LogP contribution in [0.25, 0.3) is 0 Å². The monoisotopic (exact) mass is 469 g/mol. The van der Waals surface area contributed by atoms with E-state index in [-0.39, 0.29) is 15.8 Å². The van der Waals surface area contributed by atoms with Crippen molar-refractivity contribution in [2.75, 3.05) is 13.3 Å². The first-order chi connectivity index (χ1) is 10.3. The van der Waals surface area contributed by atoms with Gasteiger partial charge in [-0.15, -0.1) is 0 Å². The fourth-order valence-electron chi connectivity index (χ4n) is 2.01. The molecule has 0 aliphatic heterocycles. The van der Waals surface area contributed by atoms with Crippen molar-refractivity contribution >= 4 is 15.8 Å². The molecule has 0 rings (SSSR count). The van der Waals surface area contributed by atoms with Gasteiger partial charge in [0.2, 0.25) is 0 Å². The first-order valence-electron chi connectivity index (χ1n) is 8.13. The Morgan fingerprint density at radius 2 is 0.625 bits per heavy atom. The summed E-state index contributed by atoms with van der Waals surface area (Å²) < 4.78 is 16.9. The van der Waals surface area contributed by atoms with E-state index in [2.05, 4.69) is 103 Å². The maximum atomic E-state index is 9.43. The summed E-state index contributed by atoms with van der Waals surface area (Å²) in [5, 5.41) is 2.03. The average Bonchev–Trinajstić information content (AvgIpc) is 2.38. The van der Waals surface area contributed by atoms with Crippen molar-refractivity contribution < 1.29 is 26.8 Å². The van der Waals surface area contributed by atoms with Gasteiger partial charge in [0.05, 0.1) is 0 Å². The summed E-state index contributed by atoms with van der Waals surface area (Å²) in [6.07, 6.45) is 0. The average molecular weight is 469 g/mol. The molecule has 0 fully saturated rings. The molecule has 0 radical (unpaired) electrons. The maximum absolute atomic E-state index is 9.43. The third-order valence-corrected chi connectivity index (χ3v) is 12.1. The third kappa shape index (κ3) is 18.0. The molecule has 0 aliphatic carbocycles. The van der Waals surface area contributed by atoms with Gasteiger partial charge in [-0.1, -0.05) is 98.9 Å². The molecule has 0 spiro atoms. The molecular formula is C19H42FOP2Ru. The van der Waals surface area contributed by atoms with E-state index >= 15 is 0 Å². The molecular weight excluding hydrogens is 426 g/mol. The van der Waals surface area contributed by atoms with Crippen LogP contribution >= 0.6 is 15.8 Å². The minimum atomic E-state index is 0.137. The summed E-state index contributed by atoms with van der Waals surface area (Å²) >= 11 is 0.850. The van der Waals surface area contributed by atoms with Crippen molar-refractivity contribution in [3.05, 3.63) is 6.65 Å². The molecule has 0 bridgehead atoms. The zero-order valence-corrected chi connectivity index (χ0v) is 22.1. The Balaban J connectivity index is -0.000000138. The van der Waals surface area contributed by atoms with Crippen LogP contribution in [0, 0.1) is 6.65 Å². The Hall–Kier alpha value is 1.15. The summed E-state index contributed by atoms with van der Waals surface area (Å²) in [5.74, 6) is 0. The second-order valence-electron chi connectivity index (χ2n) is 9.80. The van der Waals surface area contributed by atoms with Crippen molar-refractivity contribution in [1.29, 1.82) is 0 Å². The molecule has 5 heteroatoms. The molecule has 0 atom stereocenters. The molecule has 0 aliphatic rings. The molecule has 0 heterocycles. The van der Waals surface area contributed by atoms with Gasteiger partial charge in [0, 0.05) is 0 Å². The van der Waals surface area contributed by atoms with E-state index in [1.54, 1.807) is 0 Å². The predicted octanol–water partition coefficient (Wildman–Crippen LogP) is 7.77. The molecule has 0 N–H and O–H groups in total. The number of hydrogen-bond acceptors (Lipinski definition) is 0. The van der Waals surface area contributed by atoms with Gasteiger partial charge in [-0.25, -0.2) is 0 Å². The summed E-state index contributed by atoms with van der Waals surface area (Å²) in [7, 11) is 0.275. The second kappa shape index (κ2) is 13.3. The summed E-state index contributed by atoms with van der Waals surface area (Å²) in [6, 6.07) is 0. The molecule has 1 nitrogen and oxygen atoms in total. The van der Waals surface area contributed by atoms with E-state index in [4.69, 9.17) is 4.65 Å². The van der Waals surface area contributed by atoms with Gasteiger partial charge in [0.1, 0.15) is 0 Å². The Morgan fingerprint density at radius 3 is 0.625 bits per heavy atom. The fourth-order valence-corrected chi connectivity index (χ4v) is 6.04. The van der Waals surface area contributed by atoms with Gasteiger partial charge in [-0.2, -0.15) is 0 Å². The zero-order valence-electron chi connectivity index (χ0n) is 18.5. The van der Waals surface area contributed by atoms with E-state index < -0.39 is 0 Å². The van der Waals surface area contributed by atoms with Crippen LogP contribution in [-0.2, 0) is 23.5 Å². The SMILES string of the molecule is CP(C(C)(C)C)C(C)(C)C.CP(C(C)(C)C)C(C)(C)C.[C-]#[O+].[F][Ru]. The number of hydrogen-bond donors (Lipinski definition) is 0. The fraction of sp³-hybridized carbons (Fsp3) is 0.947. The molecule has 0 saturated heterocycles. The van der Waals surface area contributed by atoms with Crippen LogP contribution < -0.4 is 0 Å². The molecule has 0 aromatic carbocycles. The first kappa shape index (κ1) is 32.8. The van der Waals surface area contributed by atoms with Crippen LogP contribution in [-0.4, -0.2) is 34.0 Å². The molecule has 24 heavy (non-hydrogen) atoms. The van der Waals surface area contributed by atoms with Crippen LogP contribution in [0.5, 0.6) is 0 Å². The third-order valence-electron chi connectivity index (χ3n) is 4.02. The van der Waals surface area contributed by atoms with Crippen LogP contribution in [0.2, 0.25) is 0 Å². The molecule has 0 aromatic rings. The predicted molar refractivity (Wildman–Crippen MR) is 110 cm³/mol. The quantitative estimate of drug-likeness (QED) is 0.150. The topological polar surface area (TPSA) is 19.9 Å². The molecule has 149 valence electrons. The van der Waals surface area contributed by atoms with Crippen molar-refractivity contribution in [1.82, 2.24) is 0 Å². The molecule has 0 saturated carbocycles. The molecule has 0 aromatic heterocycles. The normalized spacial score (nSPS) is 12.3. The van der Waals surface area contributed by atoms with Crippen LogP contribution in [0.15, 0.2) is 0 Å². The molecule has 0 unspecified atom stereocenters. The Kier molecular flexibility index (Phi) is 18.2. The van der Waals surface area contributed by atoms with E-state index in [1.807, 2.05) is 0 Å². The standard InChI is InChI=1S/2C9H21P.CO.FH.Ru/c2*1-8(2,3)10(7)9(4,5)6;1-2;;/h2*1-7H3;;1H;/q;;;;+1/p-1. The zero-order chi connectivity index (χ0) is 21.2. The van der Waals surface area contributed by atoms with Gasteiger partial charge in [-0.3, -0.25) is 0 Å². The van der Waals surface area contributed by atoms with E-state index in [9.17, 15) is 3.32 Å². The summed E-state index contributed by atoms with van der Waals surface area (Å²) in [6.45, 7) is 37.3. The van der Waals surface area contributed by atoms with Crippen molar-refractivity contribution in [3.8, 4) is 0 Å². The van der Waals surface area contributed by atoms with Crippen LogP contribution in [0.1, 0.15) is 83.1 Å². The second-order valence-corrected chi connectivity index (χ2v) is 17.4. The van der Waals surface area contributed by atoms with Gasteiger partial charge in [0.15, 0.2) is 0 Å². The van der Waals surface area contributed by atoms with E-state index in [0.717, 1.165) is 18.8 Å². The Bertz CT molecular complexity index is 259. The van der Waals surface area contributed by atoms with Gasteiger partial charge < -0.3 is 0 Å². The Morgan fingerprint density at radius 1 is 0.542 bits per heavy atom. The number of halogens is 1. The van der Waals surface area contributed by atoms with Crippen LogP contribution in [0.3, 0.4) is 0 Å². The van der Waals surface area contributed by atoms with E-state index in [1.165, 1.54) is 0 Å². The minimum absolute atomic E-state index is 0.137. The summed E-state index contributed by atoms with van der Waals surface area (Å²) in [5.41, 5.74) is 0. The van der Waals surface area contributed by atoms with Gasteiger partial charge in [-0.05, 0) is 34.0 Å². The van der Waals surface area contributed by atoms with E-state index in [0.29, 0.717) is 20.6 Å².